The second-order valence-corrected chi connectivity index (χ2v) is 10.6. The van der Waals surface area contributed by atoms with Crippen molar-refractivity contribution >= 4 is 23.6 Å². The number of nitrogens with one attached hydrogen (secondary N) is 2. The lowest BCUT2D eigenvalue weighted by Crippen LogP contribution is -2.58. The van der Waals surface area contributed by atoms with Crippen LogP contribution in [0.4, 0.5) is 0 Å². The summed E-state index contributed by atoms with van der Waals surface area (Å²) in [5, 5.41) is 26.8. The summed E-state index contributed by atoms with van der Waals surface area (Å²) >= 11 is 0. The molecular formula is C29H35N3O7. The largest absolute Gasteiger partial charge is 0.505 e. The number of ether oxygens (including phenoxy) is 1. The van der Waals surface area contributed by atoms with E-state index in [-0.39, 0.29) is 36.0 Å². The van der Waals surface area contributed by atoms with Gasteiger partial charge in [-0.3, -0.25) is 19.2 Å². The number of Topliss-reactive ketones (excluding diaryl/α,β-unsaturated/α-hetero) is 1. The maximum absolute atomic E-state index is 13.7. The van der Waals surface area contributed by atoms with Crippen LogP contribution in [0.3, 0.4) is 0 Å². The van der Waals surface area contributed by atoms with Crippen molar-refractivity contribution < 1.29 is 34.1 Å². The minimum Gasteiger partial charge on any atom is -0.505 e. The highest BCUT2D eigenvalue weighted by Crippen LogP contribution is 2.34. The van der Waals surface area contributed by atoms with Crippen LogP contribution in [0.25, 0.3) is 0 Å². The molecule has 1 aromatic carbocycles. The normalized spacial score (nSPS) is 28.7. The van der Waals surface area contributed by atoms with Gasteiger partial charge in [-0.15, -0.1) is 0 Å². The topological polar surface area (TPSA) is 155 Å². The van der Waals surface area contributed by atoms with E-state index in [1.165, 1.54) is 25.3 Å². The molecule has 10 heteroatoms. The number of esters is 1. The summed E-state index contributed by atoms with van der Waals surface area (Å²) in [5.41, 5.74) is 0.565. The SMILES string of the molecule is C[C@H]1CC(=O)C(C2CCC2)OC(=O)[C@H](C)[C@H](O)[C@H](Cc2ccccc2)NC(=O)[C@H]1NC(=O)c1ncccc1O. The van der Waals surface area contributed by atoms with Crippen LogP contribution in [0, 0.1) is 17.8 Å². The van der Waals surface area contributed by atoms with E-state index in [2.05, 4.69) is 15.6 Å². The fraction of sp³-hybridized carbons (Fsp3) is 0.483. The van der Waals surface area contributed by atoms with Gasteiger partial charge in [0, 0.05) is 18.5 Å². The zero-order valence-electron chi connectivity index (χ0n) is 22.1. The molecule has 6 atom stereocenters. The van der Waals surface area contributed by atoms with E-state index in [1.807, 2.05) is 30.3 Å². The Morgan fingerprint density at radius 2 is 1.82 bits per heavy atom. The molecule has 2 aliphatic rings. The zero-order chi connectivity index (χ0) is 28.1. The molecule has 1 saturated carbocycles. The van der Waals surface area contributed by atoms with E-state index in [1.54, 1.807) is 6.92 Å². The quantitative estimate of drug-likeness (QED) is 0.422. The second-order valence-electron chi connectivity index (χ2n) is 10.6. The van der Waals surface area contributed by atoms with Gasteiger partial charge < -0.3 is 25.6 Å². The number of pyridine rings is 1. The molecule has 1 aromatic heterocycles. The van der Waals surface area contributed by atoms with Crippen molar-refractivity contribution in [2.45, 2.75) is 70.2 Å². The molecule has 39 heavy (non-hydrogen) atoms. The summed E-state index contributed by atoms with van der Waals surface area (Å²) in [7, 11) is 0. The lowest BCUT2D eigenvalue weighted by Gasteiger charge is -2.36. The Kier molecular flexibility index (Phi) is 8.96. The molecule has 2 amide bonds. The first-order chi connectivity index (χ1) is 18.7. The average Bonchev–Trinajstić information content (AvgIpc) is 2.89. The first-order valence-corrected chi connectivity index (χ1v) is 13.4. The predicted molar refractivity (Wildman–Crippen MR) is 140 cm³/mol. The van der Waals surface area contributed by atoms with Crippen LogP contribution < -0.4 is 10.6 Å². The molecule has 4 rings (SSSR count). The first-order valence-electron chi connectivity index (χ1n) is 13.4. The van der Waals surface area contributed by atoms with Crippen molar-refractivity contribution in [2.75, 3.05) is 0 Å². The monoisotopic (exact) mass is 537 g/mol. The van der Waals surface area contributed by atoms with E-state index in [9.17, 15) is 29.4 Å². The highest BCUT2D eigenvalue weighted by molar-refractivity contribution is 5.98. The number of cyclic esters (lactones) is 1. The summed E-state index contributed by atoms with van der Waals surface area (Å²) in [6.45, 7) is 3.16. The van der Waals surface area contributed by atoms with Gasteiger partial charge in [-0.25, -0.2) is 4.98 Å². The highest BCUT2D eigenvalue weighted by Gasteiger charge is 2.42. The van der Waals surface area contributed by atoms with Crippen molar-refractivity contribution in [3.05, 3.63) is 59.9 Å². The Morgan fingerprint density at radius 1 is 1.10 bits per heavy atom. The number of aromatic nitrogens is 1. The number of nitrogens with zero attached hydrogens (tertiary/aromatic N) is 1. The summed E-state index contributed by atoms with van der Waals surface area (Å²) in [6, 6.07) is 9.87. The molecular weight excluding hydrogens is 502 g/mol. The third kappa shape index (κ3) is 6.62. The molecule has 2 fully saturated rings. The minimum absolute atomic E-state index is 0.117. The molecule has 4 N–H and O–H groups in total. The van der Waals surface area contributed by atoms with Crippen molar-refractivity contribution in [1.82, 2.24) is 15.6 Å². The smallest absolute Gasteiger partial charge is 0.312 e. The van der Waals surface area contributed by atoms with E-state index >= 15 is 0 Å². The van der Waals surface area contributed by atoms with Crippen LogP contribution in [0.15, 0.2) is 48.7 Å². The maximum atomic E-state index is 13.7. The molecule has 2 aromatic rings. The molecule has 0 spiro atoms. The van der Waals surface area contributed by atoms with Gasteiger partial charge in [-0.1, -0.05) is 43.7 Å². The maximum Gasteiger partial charge on any atom is 0.312 e. The number of benzene rings is 1. The number of aromatic hydroxyl groups is 1. The molecule has 1 saturated heterocycles. The number of amides is 2. The lowest BCUT2D eigenvalue weighted by molar-refractivity contribution is -0.168. The van der Waals surface area contributed by atoms with Crippen LogP contribution >= 0.6 is 0 Å². The van der Waals surface area contributed by atoms with Gasteiger partial charge in [0.25, 0.3) is 5.91 Å². The lowest BCUT2D eigenvalue weighted by atomic mass is 9.77. The summed E-state index contributed by atoms with van der Waals surface area (Å²) in [4.78, 5) is 57.0. The Balaban J connectivity index is 1.67. The van der Waals surface area contributed by atoms with E-state index in [0.717, 1.165) is 24.8 Å². The van der Waals surface area contributed by atoms with Gasteiger partial charge >= 0.3 is 5.97 Å². The average molecular weight is 538 g/mol. The molecule has 1 unspecified atom stereocenters. The number of hydrogen-bond acceptors (Lipinski definition) is 8. The standard InChI is InChI=1S/C29H35N3O7/c1-16-14-22(34)26(19-10-6-11-19)39-29(38)17(2)25(35)20(15-18-8-4-3-5-9-18)31-27(36)23(16)32-28(37)24-21(33)12-7-13-30-24/h3-5,7-9,12-13,16-17,19-20,23,25-26,33,35H,6,10-11,14-15H2,1-2H3,(H,31,36)(H,32,37)/t16-,17+,20-,23-,25-,26?/m0/s1. The first kappa shape index (κ1) is 28.2. The number of carbonyl (C=O) groups is 4. The third-order valence-electron chi connectivity index (χ3n) is 7.72. The Hall–Kier alpha value is -3.79. The van der Waals surface area contributed by atoms with E-state index in [4.69, 9.17) is 4.74 Å². The third-order valence-corrected chi connectivity index (χ3v) is 7.72. The fourth-order valence-corrected chi connectivity index (χ4v) is 5.08. The van der Waals surface area contributed by atoms with Crippen molar-refractivity contribution in [2.24, 2.45) is 17.8 Å². The van der Waals surface area contributed by atoms with Crippen LogP contribution in [0.5, 0.6) is 5.75 Å². The number of rotatable bonds is 5. The van der Waals surface area contributed by atoms with Gasteiger partial charge in [0.2, 0.25) is 5.91 Å². The van der Waals surface area contributed by atoms with Crippen LogP contribution in [-0.2, 0) is 25.5 Å². The Bertz CT molecular complexity index is 1200. The second kappa shape index (κ2) is 12.4. The van der Waals surface area contributed by atoms with Crippen molar-refractivity contribution in [1.29, 1.82) is 0 Å². The van der Waals surface area contributed by atoms with Gasteiger partial charge in [0.05, 0.1) is 18.1 Å². The molecule has 10 nitrogen and oxygen atoms in total. The van der Waals surface area contributed by atoms with Gasteiger partial charge in [0.15, 0.2) is 17.6 Å². The van der Waals surface area contributed by atoms with Crippen LogP contribution in [0.2, 0.25) is 0 Å². The number of hydrogen-bond donors (Lipinski definition) is 4. The van der Waals surface area contributed by atoms with Crippen LogP contribution in [0.1, 0.15) is 55.6 Å². The van der Waals surface area contributed by atoms with Gasteiger partial charge in [-0.05, 0) is 49.8 Å². The number of aliphatic hydroxyl groups excluding tert-OH is 1. The molecule has 208 valence electrons. The van der Waals surface area contributed by atoms with E-state index < -0.39 is 53.9 Å². The summed E-state index contributed by atoms with van der Waals surface area (Å²) < 4.78 is 5.71. The summed E-state index contributed by atoms with van der Waals surface area (Å²) in [5.74, 6) is -4.62. The molecule has 1 aliphatic carbocycles. The summed E-state index contributed by atoms with van der Waals surface area (Å²) in [6.07, 6.45) is 1.53. The van der Waals surface area contributed by atoms with Crippen molar-refractivity contribution in [3.8, 4) is 5.75 Å². The van der Waals surface area contributed by atoms with Crippen molar-refractivity contribution in [3.63, 3.8) is 0 Å². The molecule has 0 bridgehead atoms. The molecule has 0 radical (unpaired) electrons. The number of aliphatic hydroxyl groups is 1. The zero-order valence-corrected chi connectivity index (χ0v) is 22.1. The number of carbonyl (C=O) groups excluding carboxylic acids is 4. The van der Waals surface area contributed by atoms with Gasteiger partial charge in [-0.2, -0.15) is 0 Å². The van der Waals surface area contributed by atoms with E-state index in [0.29, 0.717) is 0 Å². The van der Waals surface area contributed by atoms with Crippen LogP contribution in [-0.4, -0.2) is 63.1 Å². The van der Waals surface area contributed by atoms with Gasteiger partial charge in [0.1, 0.15) is 11.8 Å². The predicted octanol–water partition coefficient (Wildman–Crippen LogP) is 1.93. The number of ketones is 1. The Labute approximate surface area is 227 Å². The molecule has 1 aliphatic heterocycles. The highest BCUT2D eigenvalue weighted by atomic mass is 16.5. The molecule has 2 heterocycles. The minimum atomic E-state index is -1.33. The Morgan fingerprint density at radius 3 is 2.46 bits per heavy atom. The fourth-order valence-electron chi connectivity index (χ4n) is 5.08.